The van der Waals surface area contributed by atoms with Gasteiger partial charge in [-0.05, 0) is 58.5 Å². The maximum Gasteiger partial charge on any atom is 0.408 e. The Labute approximate surface area is 323 Å². The number of likely N-dealkylation sites (N-methyl/N-ethyl adjacent to an activating group) is 1. The fraction of sp³-hybridized carbons (Fsp3) is 0.442. The normalized spacial score (nSPS) is 14.7. The van der Waals surface area contributed by atoms with Gasteiger partial charge in [0.05, 0.1) is 12.1 Å². The third-order valence-electron chi connectivity index (χ3n) is 9.85. The SMILES string of the molecule is CCC(C)CN(CC)C(=O)C(N)[C@@H](O)[C@H](CC(C)C)C(=O)C(Cc1cccs1)NC(=O)[C@H](Cc1cccc2ccccc12)NC(=O)OCc1ccccc1. The molecule has 0 aliphatic carbocycles. The van der Waals surface area contributed by atoms with Crippen molar-refractivity contribution in [1.29, 1.82) is 0 Å². The number of nitrogens with two attached hydrogens (primary N) is 1. The maximum absolute atomic E-state index is 14.6. The third kappa shape index (κ3) is 12.0. The molecule has 0 aliphatic heterocycles. The quantitative estimate of drug-likeness (QED) is 0.0829. The second-order valence-corrected chi connectivity index (χ2v) is 15.5. The van der Waals surface area contributed by atoms with Gasteiger partial charge in [0.2, 0.25) is 11.8 Å². The minimum absolute atomic E-state index is 0.00926. The highest BCUT2D eigenvalue weighted by molar-refractivity contribution is 7.09. The molecule has 54 heavy (non-hydrogen) atoms. The topological polar surface area (TPSA) is 151 Å². The van der Waals surface area contributed by atoms with Crippen molar-refractivity contribution in [2.75, 3.05) is 13.1 Å². The summed E-state index contributed by atoms with van der Waals surface area (Å²) in [5.41, 5.74) is 8.09. The van der Waals surface area contributed by atoms with Crippen LogP contribution in [0.4, 0.5) is 4.79 Å². The van der Waals surface area contributed by atoms with Gasteiger partial charge in [-0.1, -0.05) is 113 Å². The van der Waals surface area contributed by atoms with Crippen LogP contribution >= 0.6 is 11.3 Å². The van der Waals surface area contributed by atoms with E-state index in [1.165, 1.54) is 11.3 Å². The lowest BCUT2D eigenvalue weighted by Gasteiger charge is -2.33. The third-order valence-corrected chi connectivity index (χ3v) is 10.7. The highest BCUT2D eigenvalue weighted by Gasteiger charge is 2.40. The first kappa shape index (κ1) is 42.2. The Morgan fingerprint density at radius 3 is 2.22 bits per heavy atom. The van der Waals surface area contributed by atoms with E-state index < -0.39 is 53.8 Å². The van der Waals surface area contributed by atoms with E-state index in [9.17, 15) is 24.3 Å². The zero-order valence-electron chi connectivity index (χ0n) is 32.1. The number of ketones is 1. The average molecular weight is 757 g/mol. The standard InChI is InChI=1S/C43H56N4O6S/c1-6-29(5)26-47(7-2)42(51)38(44)40(49)35(23-28(3)4)39(48)36(25-33-20-14-22-54-33)45-41(50)37(46-43(52)53-27-30-15-9-8-10-16-30)24-32-19-13-18-31-17-11-12-21-34(31)32/h8-22,28-29,35-38,40,49H,6-7,23-27,44H2,1-5H3,(H,45,50)(H,46,52)/t29?,35-,36?,37+,38?,40+/m1/s1. The number of Topliss-reactive ketones (excluding diaryl/α,β-unsaturated/α-hetero) is 1. The molecule has 1 aromatic heterocycles. The summed E-state index contributed by atoms with van der Waals surface area (Å²) < 4.78 is 5.52. The molecule has 290 valence electrons. The highest BCUT2D eigenvalue weighted by atomic mass is 32.1. The molecule has 3 aromatic carbocycles. The molecule has 10 nitrogen and oxygen atoms in total. The van der Waals surface area contributed by atoms with Crippen LogP contribution in [0.1, 0.15) is 63.5 Å². The van der Waals surface area contributed by atoms with Crippen LogP contribution in [-0.2, 0) is 38.6 Å². The summed E-state index contributed by atoms with van der Waals surface area (Å²) in [6, 6.07) is 23.0. The van der Waals surface area contributed by atoms with E-state index in [1.807, 2.05) is 125 Å². The van der Waals surface area contributed by atoms with Gasteiger partial charge in [-0.25, -0.2) is 4.79 Å². The number of fused-ring (bicyclic) bond motifs is 1. The van der Waals surface area contributed by atoms with Crippen LogP contribution in [0.3, 0.4) is 0 Å². The molecule has 0 saturated carbocycles. The van der Waals surface area contributed by atoms with Gasteiger partial charge in [-0.15, -0.1) is 11.3 Å². The smallest absolute Gasteiger partial charge is 0.408 e. The number of carbonyl (C=O) groups is 4. The highest BCUT2D eigenvalue weighted by Crippen LogP contribution is 2.25. The van der Waals surface area contributed by atoms with Crippen molar-refractivity contribution in [2.24, 2.45) is 23.5 Å². The number of amides is 3. The van der Waals surface area contributed by atoms with Crippen LogP contribution in [0.5, 0.6) is 0 Å². The first-order valence-electron chi connectivity index (χ1n) is 18.9. The van der Waals surface area contributed by atoms with Gasteiger partial charge in [0.25, 0.3) is 0 Å². The van der Waals surface area contributed by atoms with Gasteiger partial charge in [0, 0.05) is 36.7 Å². The van der Waals surface area contributed by atoms with Crippen molar-refractivity contribution in [3.8, 4) is 0 Å². The fourth-order valence-corrected chi connectivity index (χ4v) is 7.36. The van der Waals surface area contributed by atoms with E-state index in [0.717, 1.165) is 33.2 Å². The Morgan fingerprint density at radius 2 is 1.56 bits per heavy atom. The number of hydrogen-bond acceptors (Lipinski definition) is 8. The Bertz CT molecular complexity index is 1790. The van der Waals surface area contributed by atoms with Crippen molar-refractivity contribution < 1.29 is 29.0 Å². The number of nitrogens with zero attached hydrogens (tertiary/aromatic N) is 1. The zero-order chi connectivity index (χ0) is 39.2. The lowest BCUT2D eigenvalue weighted by Crippen LogP contribution is -2.58. The minimum Gasteiger partial charge on any atom is -0.445 e. The van der Waals surface area contributed by atoms with Crippen molar-refractivity contribution in [2.45, 2.75) is 91.1 Å². The monoisotopic (exact) mass is 756 g/mol. The summed E-state index contributed by atoms with van der Waals surface area (Å²) >= 11 is 1.44. The molecular formula is C43H56N4O6S. The largest absolute Gasteiger partial charge is 0.445 e. The summed E-state index contributed by atoms with van der Waals surface area (Å²) in [5, 5.41) is 21.2. The van der Waals surface area contributed by atoms with Crippen LogP contribution in [0.2, 0.25) is 0 Å². The molecule has 1 heterocycles. The fourth-order valence-electron chi connectivity index (χ4n) is 6.61. The average Bonchev–Trinajstić information content (AvgIpc) is 3.70. The summed E-state index contributed by atoms with van der Waals surface area (Å²) in [4.78, 5) is 58.3. The number of benzene rings is 3. The van der Waals surface area contributed by atoms with E-state index in [1.54, 1.807) is 4.90 Å². The van der Waals surface area contributed by atoms with Crippen molar-refractivity contribution in [3.63, 3.8) is 0 Å². The Balaban J connectivity index is 1.63. The Morgan fingerprint density at radius 1 is 0.852 bits per heavy atom. The molecular weight excluding hydrogens is 701 g/mol. The number of alkyl carbamates (subject to hydrolysis) is 1. The summed E-state index contributed by atoms with van der Waals surface area (Å²) in [7, 11) is 0. The molecule has 5 N–H and O–H groups in total. The Kier molecular flexibility index (Phi) is 16.2. The lowest BCUT2D eigenvalue weighted by molar-refractivity contribution is -0.140. The molecule has 3 unspecified atom stereocenters. The summed E-state index contributed by atoms with van der Waals surface area (Å²) in [6.45, 7) is 10.7. The predicted octanol–water partition coefficient (Wildman–Crippen LogP) is 6.28. The minimum atomic E-state index is -1.49. The van der Waals surface area contributed by atoms with E-state index in [0.29, 0.717) is 13.1 Å². The van der Waals surface area contributed by atoms with Crippen LogP contribution in [0.15, 0.2) is 90.3 Å². The van der Waals surface area contributed by atoms with Crippen LogP contribution in [-0.4, -0.2) is 71.0 Å². The van der Waals surface area contributed by atoms with E-state index in [-0.39, 0.29) is 37.7 Å². The van der Waals surface area contributed by atoms with Gasteiger partial charge < -0.3 is 31.1 Å². The molecule has 3 amide bonds. The number of carbonyl (C=O) groups excluding carboxylic acids is 4. The molecule has 0 radical (unpaired) electrons. The van der Waals surface area contributed by atoms with Gasteiger partial charge >= 0.3 is 6.09 Å². The molecule has 0 saturated heterocycles. The number of thiophene rings is 1. The maximum atomic E-state index is 14.6. The number of rotatable bonds is 20. The van der Waals surface area contributed by atoms with Crippen LogP contribution in [0.25, 0.3) is 10.8 Å². The van der Waals surface area contributed by atoms with Crippen LogP contribution < -0.4 is 16.4 Å². The van der Waals surface area contributed by atoms with Crippen molar-refractivity contribution in [3.05, 3.63) is 106 Å². The zero-order valence-corrected chi connectivity index (χ0v) is 32.9. The molecule has 0 fully saturated rings. The number of aliphatic hydroxyl groups excluding tert-OH is 1. The first-order chi connectivity index (χ1) is 25.9. The van der Waals surface area contributed by atoms with E-state index in [2.05, 4.69) is 10.6 Å². The predicted molar refractivity (Wildman–Crippen MR) is 215 cm³/mol. The summed E-state index contributed by atoms with van der Waals surface area (Å²) in [6.07, 6.45) is -0.871. The summed E-state index contributed by atoms with van der Waals surface area (Å²) in [5.74, 6) is -2.27. The number of aliphatic hydroxyl groups is 1. The molecule has 0 aliphatic rings. The van der Waals surface area contributed by atoms with Crippen molar-refractivity contribution >= 4 is 45.8 Å². The van der Waals surface area contributed by atoms with Gasteiger partial charge in [-0.2, -0.15) is 0 Å². The van der Waals surface area contributed by atoms with Gasteiger partial charge in [0.1, 0.15) is 18.7 Å². The van der Waals surface area contributed by atoms with E-state index in [4.69, 9.17) is 10.5 Å². The molecule has 0 spiro atoms. The molecule has 0 bridgehead atoms. The van der Waals surface area contributed by atoms with Crippen LogP contribution in [0, 0.1) is 17.8 Å². The van der Waals surface area contributed by atoms with Crippen molar-refractivity contribution in [1.82, 2.24) is 15.5 Å². The van der Waals surface area contributed by atoms with E-state index >= 15 is 0 Å². The molecule has 11 heteroatoms. The molecule has 4 rings (SSSR count). The van der Waals surface area contributed by atoms with Gasteiger partial charge in [-0.3, -0.25) is 14.4 Å². The number of ether oxygens (including phenoxy) is 1. The Hall–Kier alpha value is -4.58. The second kappa shape index (κ2) is 20.8. The molecule has 6 atom stereocenters. The number of nitrogens with one attached hydrogen (secondary N) is 2. The lowest BCUT2D eigenvalue weighted by atomic mass is 9.81. The molecule has 4 aromatic rings. The number of hydrogen-bond donors (Lipinski definition) is 4. The first-order valence-corrected chi connectivity index (χ1v) is 19.8. The van der Waals surface area contributed by atoms with Gasteiger partial charge in [0.15, 0.2) is 5.78 Å². The second-order valence-electron chi connectivity index (χ2n) is 14.5.